The molecule has 1 aromatic heterocycles. The van der Waals surface area contributed by atoms with Crippen LogP contribution in [0.5, 0.6) is 6.01 Å². The number of hydrogen-bond donors (Lipinski definition) is 2. The zero-order valence-corrected chi connectivity index (χ0v) is 14.5. The quantitative estimate of drug-likeness (QED) is 0.637. The molecule has 1 aliphatic rings. The van der Waals surface area contributed by atoms with Gasteiger partial charge in [0.2, 0.25) is 0 Å². The first-order valence-electron chi connectivity index (χ1n) is 8.32. The van der Waals surface area contributed by atoms with Gasteiger partial charge in [0.1, 0.15) is 18.1 Å². The second kappa shape index (κ2) is 7.73. The standard InChI is InChI=1S/C18H18F3N5O/c1-18(20,21)15-6-13(4-5-16(15)19)23-9-14(26-22)10-27-17-24-7-12(8-25-17)11-2-3-11/h4-9,11,22-23H,2-3,10H2,1H3/b14-9-,26-22?. The van der Waals surface area contributed by atoms with Crippen LogP contribution in [-0.4, -0.2) is 16.6 Å². The Hall–Kier alpha value is -2.97. The van der Waals surface area contributed by atoms with Crippen LogP contribution in [0.25, 0.3) is 0 Å². The van der Waals surface area contributed by atoms with Crippen LogP contribution in [0.3, 0.4) is 0 Å². The van der Waals surface area contributed by atoms with Gasteiger partial charge in [-0.25, -0.2) is 28.7 Å². The smallest absolute Gasteiger partial charge is 0.316 e. The molecule has 9 heteroatoms. The molecule has 0 radical (unpaired) electrons. The first-order chi connectivity index (χ1) is 12.9. The maximum absolute atomic E-state index is 13.5. The van der Waals surface area contributed by atoms with Crippen LogP contribution in [0.1, 0.15) is 36.8 Å². The average Bonchev–Trinajstić information content (AvgIpc) is 3.48. The number of alkyl halides is 2. The summed E-state index contributed by atoms with van der Waals surface area (Å²) >= 11 is 0. The molecule has 1 heterocycles. The molecule has 0 aliphatic heterocycles. The molecule has 2 N–H and O–H groups in total. The highest BCUT2D eigenvalue weighted by Gasteiger charge is 2.28. The van der Waals surface area contributed by atoms with Gasteiger partial charge in [0.05, 0.1) is 5.56 Å². The minimum atomic E-state index is -3.30. The summed E-state index contributed by atoms with van der Waals surface area (Å²) in [6, 6.07) is 3.42. The number of benzene rings is 1. The van der Waals surface area contributed by atoms with Crippen molar-refractivity contribution >= 4 is 5.69 Å². The number of halogens is 3. The van der Waals surface area contributed by atoms with Crippen molar-refractivity contribution in [1.82, 2.24) is 9.97 Å². The van der Waals surface area contributed by atoms with Gasteiger partial charge in [-0.05, 0) is 42.5 Å². The topological polar surface area (TPSA) is 83.2 Å². The molecule has 1 aliphatic carbocycles. The molecule has 27 heavy (non-hydrogen) atoms. The largest absolute Gasteiger partial charge is 0.457 e. The highest BCUT2D eigenvalue weighted by Crippen LogP contribution is 2.39. The number of ether oxygens (including phenoxy) is 1. The Morgan fingerprint density at radius 2 is 2.07 bits per heavy atom. The molecule has 1 aromatic carbocycles. The van der Waals surface area contributed by atoms with E-state index in [2.05, 4.69) is 20.4 Å². The Kier molecular flexibility index (Phi) is 5.38. The minimum Gasteiger partial charge on any atom is -0.457 e. The van der Waals surface area contributed by atoms with Gasteiger partial charge in [0.25, 0.3) is 5.92 Å². The van der Waals surface area contributed by atoms with E-state index in [9.17, 15) is 13.2 Å². The Balaban J connectivity index is 1.61. The van der Waals surface area contributed by atoms with Crippen molar-refractivity contribution in [3.63, 3.8) is 0 Å². The van der Waals surface area contributed by atoms with E-state index in [1.807, 2.05) is 0 Å². The summed E-state index contributed by atoms with van der Waals surface area (Å²) in [6.45, 7) is 0.537. The highest BCUT2D eigenvalue weighted by atomic mass is 19.3. The molecule has 1 saturated carbocycles. The highest BCUT2D eigenvalue weighted by molar-refractivity contribution is 5.49. The SMILES string of the molecule is CC(F)(F)c1cc(N/C=C(/COc2ncc(C3CC3)cn2)N=N)ccc1F. The number of nitrogens with zero attached hydrogens (tertiary/aromatic N) is 3. The second-order valence-electron chi connectivity index (χ2n) is 6.34. The van der Waals surface area contributed by atoms with Gasteiger partial charge >= 0.3 is 6.01 Å². The number of anilines is 1. The van der Waals surface area contributed by atoms with Gasteiger partial charge in [0.15, 0.2) is 0 Å². The molecule has 0 atom stereocenters. The van der Waals surface area contributed by atoms with Gasteiger partial charge in [-0.1, -0.05) is 0 Å². The predicted molar refractivity (Wildman–Crippen MR) is 92.3 cm³/mol. The molecule has 0 unspecified atom stereocenters. The third-order valence-corrected chi connectivity index (χ3v) is 4.03. The lowest BCUT2D eigenvalue weighted by Gasteiger charge is -2.13. The van der Waals surface area contributed by atoms with Crippen molar-refractivity contribution in [2.24, 2.45) is 5.11 Å². The number of rotatable bonds is 8. The van der Waals surface area contributed by atoms with Gasteiger partial charge in [-0.2, -0.15) is 5.11 Å². The molecule has 6 nitrogen and oxygen atoms in total. The fraction of sp³-hybridized carbons (Fsp3) is 0.333. The molecule has 0 spiro atoms. The van der Waals surface area contributed by atoms with Crippen molar-refractivity contribution in [2.75, 3.05) is 11.9 Å². The van der Waals surface area contributed by atoms with E-state index in [-0.39, 0.29) is 24.0 Å². The zero-order chi connectivity index (χ0) is 19.4. The minimum absolute atomic E-state index is 0.0860. The molecule has 0 saturated heterocycles. The summed E-state index contributed by atoms with van der Waals surface area (Å²) in [7, 11) is 0. The fourth-order valence-corrected chi connectivity index (χ4v) is 2.39. The maximum Gasteiger partial charge on any atom is 0.316 e. The van der Waals surface area contributed by atoms with Gasteiger partial charge in [-0.3, -0.25) is 0 Å². The average molecular weight is 377 g/mol. The number of nitrogens with one attached hydrogen (secondary N) is 2. The summed E-state index contributed by atoms with van der Waals surface area (Å²) < 4.78 is 45.7. The fourth-order valence-electron chi connectivity index (χ4n) is 2.39. The molecule has 3 rings (SSSR count). The van der Waals surface area contributed by atoms with Crippen LogP contribution in [0, 0.1) is 11.3 Å². The number of hydrogen-bond acceptors (Lipinski definition) is 6. The van der Waals surface area contributed by atoms with Crippen molar-refractivity contribution in [1.29, 1.82) is 5.53 Å². The third kappa shape index (κ3) is 5.02. The van der Waals surface area contributed by atoms with E-state index in [0.29, 0.717) is 12.8 Å². The Bertz CT molecular complexity index is 845. The molecule has 2 aromatic rings. The summed E-state index contributed by atoms with van der Waals surface area (Å²) in [4.78, 5) is 8.21. The molecule has 142 valence electrons. The first-order valence-corrected chi connectivity index (χ1v) is 8.32. The van der Waals surface area contributed by atoms with E-state index in [0.717, 1.165) is 30.5 Å². The summed E-state index contributed by atoms with van der Waals surface area (Å²) in [5.74, 6) is -3.75. The lowest BCUT2D eigenvalue weighted by molar-refractivity contribution is 0.0138. The molecular weight excluding hydrogens is 359 g/mol. The molecule has 1 fully saturated rings. The van der Waals surface area contributed by atoms with E-state index >= 15 is 0 Å². The Morgan fingerprint density at radius 1 is 1.37 bits per heavy atom. The van der Waals surface area contributed by atoms with E-state index in [4.69, 9.17) is 10.3 Å². The summed E-state index contributed by atoms with van der Waals surface area (Å²) in [5.41, 5.74) is 7.95. The lowest BCUT2D eigenvalue weighted by Crippen LogP contribution is -2.10. The van der Waals surface area contributed by atoms with Crippen molar-refractivity contribution < 1.29 is 17.9 Å². The molecular formula is C18H18F3N5O. The number of aromatic nitrogens is 2. The van der Waals surface area contributed by atoms with Crippen molar-refractivity contribution in [2.45, 2.75) is 31.6 Å². The van der Waals surface area contributed by atoms with Gasteiger partial charge < -0.3 is 10.1 Å². The van der Waals surface area contributed by atoms with Crippen molar-refractivity contribution in [3.05, 3.63) is 59.4 Å². The third-order valence-electron chi connectivity index (χ3n) is 4.03. The monoisotopic (exact) mass is 377 g/mol. The van der Waals surface area contributed by atoms with Crippen LogP contribution in [0.2, 0.25) is 0 Å². The van der Waals surface area contributed by atoms with E-state index in [1.165, 1.54) is 12.3 Å². The zero-order valence-electron chi connectivity index (χ0n) is 14.5. The van der Waals surface area contributed by atoms with E-state index < -0.39 is 17.3 Å². The van der Waals surface area contributed by atoms with E-state index in [1.54, 1.807) is 12.4 Å². The Morgan fingerprint density at radius 3 is 2.67 bits per heavy atom. The lowest BCUT2D eigenvalue weighted by atomic mass is 10.1. The summed E-state index contributed by atoms with van der Waals surface area (Å²) in [5, 5.41) is 6.02. The Labute approximate surface area is 154 Å². The van der Waals surface area contributed by atoms with Crippen LogP contribution in [0.4, 0.5) is 18.9 Å². The second-order valence-corrected chi connectivity index (χ2v) is 6.34. The normalized spacial score (nSPS) is 14.7. The summed E-state index contributed by atoms with van der Waals surface area (Å²) in [6.07, 6.45) is 7.04. The van der Waals surface area contributed by atoms with Crippen molar-refractivity contribution in [3.8, 4) is 6.01 Å². The van der Waals surface area contributed by atoms with Gasteiger partial charge in [-0.15, -0.1) is 0 Å². The molecule has 0 amide bonds. The molecule has 0 bridgehead atoms. The van der Waals surface area contributed by atoms with Crippen LogP contribution in [-0.2, 0) is 5.92 Å². The first kappa shape index (κ1) is 18.8. The van der Waals surface area contributed by atoms with Gasteiger partial charge in [0, 0.05) is 31.2 Å². The van der Waals surface area contributed by atoms with Crippen LogP contribution < -0.4 is 10.1 Å². The van der Waals surface area contributed by atoms with Crippen LogP contribution >= 0.6 is 0 Å². The predicted octanol–water partition coefficient (Wildman–Crippen LogP) is 4.97. The maximum atomic E-state index is 13.5. The van der Waals surface area contributed by atoms with Crippen LogP contribution in [0.15, 0.2) is 47.6 Å².